The highest BCUT2D eigenvalue weighted by Gasteiger charge is 2.29. The number of hydrogen-bond donors (Lipinski definition) is 1. The first kappa shape index (κ1) is 16.4. The number of carbonyl (C=O) groups excluding carboxylic acids is 1. The smallest absolute Gasteiger partial charge is 0.230 e. The highest BCUT2D eigenvalue weighted by atomic mass is 16.5. The van der Waals surface area contributed by atoms with Gasteiger partial charge in [0, 0.05) is 31.6 Å². The highest BCUT2D eigenvalue weighted by Crippen LogP contribution is 2.27. The van der Waals surface area contributed by atoms with Crippen molar-refractivity contribution in [2.45, 2.75) is 46.6 Å². The van der Waals surface area contributed by atoms with Gasteiger partial charge in [0.05, 0.1) is 17.3 Å². The molecular formula is C17H23N5O2. The average Bonchev–Trinajstić information content (AvgIpc) is 2.92. The Morgan fingerprint density at radius 3 is 2.88 bits per heavy atom. The molecular weight excluding hydrogens is 306 g/mol. The zero-order valence-corrected chi connectivity index (χ0v) is 14.6. The van der Waals surface area contributed by atoms with Crippen molar-refractivity contribution in [2.24, 2.45) is 0 Å². The van der Waals surface area contributed by atoms with E-state index in [-0.39, 0.29) is 11.8 Å². The lowest BCUT2D eigenvalue weighted by molar-refractivity contribution is -0.133. The predicted octanol–water partition coefficient (Wildman–Crippen LogP) is 2.20. The van der Waals surface area contributed by atoms with Gasteiger partial charge in [0.2, 0.25) is 5.91 Å². The minimum absolute atomic E-state index is 0.0943. The van der Waals surface area contributed by atoms with Crippen molar-refractivity contribution < 1.29 is 9.32 Å². The molecule has 0 bridgehead atoms. The Bertz CT molecular complexity index is 736. The molecule has 1 aliphatic heterocycles. The second-order valence-corrected chi connectivity index (χ2v) is 6.20. The molecule has 128 valence electrons. The predicted molar refractivity (Wildman–Crippen MR) is 89.7 cm³/mol. The van der Waals surface area contributed by atoms with E-state index in [9.17, 15) is 4.79 Å². The molecule has 0 saturated heterocycles. The molecule has 0 aliphatic carbocycles. The maximum atomic E-state index is 12.9. The van der Waals surface area contributed by atoms with Crippen molar-refractivity contribution in [3.8, 4) is 0 Å². The summed E-state index contributed by atoms with van der Waals surface area (Å²) in [5.41, 5.74) is 3.72. The summed E-state index contributed by atoms with van der Waals surface area (Å²) in [6.45, 7) is 9.67. The lowest BCUT2D eigenvalue weighted by Crippen LogP contribution is -2.39. The molecule has 0 unspecified atom stereocenters. The number of rotatable bonds is 4. The zero-order valence-electron chi connectivity index (χ0n) is 14.6. The van der Waals surface area contributed by atoms with Crippen molar-refractivity contribution in [3.05, 3.63) is 34.3 Å². The maximum Gasteiger partial charge on any atom is 0.230 e. The van der Waals surface area contributed by atoms with E-state index >= 15 is 0 Å². The van der Waals surface area contributed by atoms with Crippen LogP contribution in [0, 0.1) is 13.8 Å². The molecule has 1 amide bonds. The Kier molecular flexibility index (Phi) is 4.51. The van der Waals surface area contributed by atoms with E-state index in [0.29, 0.717) is 18.8 Å². The van der Waals surface area contributed by atoms with Crippen LogP contribution in [-0.2, 0) is 17.8 Å². The van der Waals surface area contributed by atoms with Gasteiger partial charge in [0.25, 0.3) is 0 Å². The number of fused-ring (bicyclic) bond motifs is 1. The summed E-state index contributed by atoms with van der Waals surface area (Å²) in [6, 6.07) is 1.99. The summed E-state index contributed by atoms with van der Waals surface area (Å²) in [5, 5.41) is 15.6. The number of carbonyl (C=O) groups is 1. The van der Waals surface area contributed by atoms with E-state index in [0.717, 1.165) is 41.3 Å². The largest absolute Gasteiger partial charge is 0.369 e. The number of hydrogen-bond acceptors (Lipinski definition) is 6. The first-order chi connectivity index (χ1) is 11.5. The molecule has 7 nitrogen and oxygen atoms in total. The van der Waals surface area contributed by atoms with Gasteiger partial charge >= 0.3 is 0 Å². The SMILES string of the molecule is CCNc1cc2c(nn1)CCN(C(=O)[C@@H](C)c1c(C)noc1C)C2. The molecule has 0 radical (unpaired) electrons. The molecule has 2 aromatic rings. The van der Waals surface area contributed by atoms with Crippen LogP contribution >= 0.6 is 0 Å². The van der Waals surface area contributed by atoms with Gasteiger partial charge in [-0.25, -0.2) is 0 Å². The molecule has 0 aromatic carbocycles. The van der Waals surface area contributed by atoms with E-state index < -0.39 is 0 Å². The minimum Gasteiger partial charge on any atom is -0.369 e. The Labute approximate surface area is 141 Å². The van der Waals surface area contributed by atoms with E-state index in [1.54, 1.807) is 0 Å². The van der Waals surface area contributed by atoms with E-state index in [1.807, 2.05) is 38.7 Å². The molecule has 3 heterocycles. The van der Waals surface area contributed by atoms with Crippen LogP contribution in [0.1, 0.15) is 48.0 Å². The number of nitrogens with one attached hydrogen (secondary N) is 1. The molecule has 0 spiro atoms. The number of anilines is 1. The third kappa shape index (κ3) is 2.98. The van der Waals surface area contributed by atoms with Gasteiger partial charge in [-0.2, -0.15) is 5.10 Å². The van der Waals surface area contributed by atoms with Gasteiger partial charge in [-0.05, 0) is 39.3 Å². The molecule has 3 rings (SSSR count). The molecule has 24 heavy (non-hydrogen) atoms. The Morgan fingerprint density at radius 2 is 2.21 bits per heavy atom. The molecule has 1 aliphatic rings. The summed E-state index contributed by atoms with van der Waals surface area (Å²) in [4.78, 5) is 14.8. The fraction of sp³-hybridized carbons (Fsp3) is 0.529. The van der Waals surface area contributed by atoms with E-state index in [4.69, 9.17) is 4.52 Å². The highest BCUT2D eigenvalue weighted by molar-refractivity contribution is 5.84. The van der Waals surface area contributed by atoms with Gasteiger partial charge in [-0.1, -0.05) is 5.16 Å². The summed E-state index contributed by atoms with van der Waals surface area (Å²) in [5.74, 6) is 1.30. The standard InChI is InChI=1S/C17H23N5O2/c1-5-18-15-8-13-9-22(7-6-14(13)19-20-15)17(23)10(2)16-11(3)21-24-12(16)4/h8,10H,5-7,9H2,1-4H3,(H,18,20)/t10-/m0/s1. The summed E-state index contributed by atoms with van der Waals surface area (Å²) in [6.07, 6.45) is 0.731. The normalized spacial score (nSPS) is 15.1. The van der Waals surface area contributed by atoms with Gasteiger partial charge < -0.3 is 14.7 Å². The minimum atomic E-state index is -0.263. The quantitative estimate of drug-likeness (QED) is 0.926. The molecule has 1 atom stereocenters. The topological polar surface area (TPSA) is 84.2 Å². The summed E-state index contributed by atoms with van der Waals surface area (Å²) < 4.78 is 5.21. The average molecular weight is 329 g/mol. The Balaban J connectivity index is 1.79. The van der Waals surface area contributed by atoms with Gasteiger partial charge in [0.1, 0.15) is 11.6 Å². The van der Waals surface area contributed by atoms with Crippen molar-refractivity contribution in [1.29, 1.82) is 0 Å². The van der Waals surface area contributed by atoms with E-state index in [2.05, 4.69) is 20.7 Å². The number of amides is 1. The molecule has 1 N–H and O–H groups in total. The van der Waals surface area contributed by atoms with Crippen LogP contribution in [0.3, 0.4) is 0 Å². The maximum absolute atomic E-state index is 12.9. The molecule has 0 saturated carbocycles. The van der Waals surface area contributed by atoms with Crippen molar-refractivity contribution in [1.82, 2.24) is 20.3 Å². The lowest BCUT2D eigenvalue weighted by Gasteiger charge is -2.30. The van der Waals surface area contributed by atoms with Crippen LogP contribution in [-0.4, -0.2) is 39.3 Å². The first-order valence-electron chi connectivity index (χ1n) is 8.32. The van der Waals surface area contributed by atoms with Crippen LogP contribution in [0.5, 0.6) is 0 Å². The molecule has 2 aromatic heterocycles. The van der Waals surface area contributed by atoms with Crippen LogP contribution < -0.4 is 5.32 Å². The van der Waals surface area contributed by atoms with Gasteiger partial charge in [0.15, 0.2) is 0 Å². The number of aryl methyl sites for hydroxylation is 2. The van der Waals surface area contributed by atoms with Crippen LogP contribution in [0.2, 0.25) is 0 Å². The molecule has 7 heteroatoms. The second-order valence-electron chi connectivity index (χ2n) is 6.20. The first-order valence-corrected chi connectivity index (χ1v) is 8.32. The molecule has 0 fully saturated rings. The zero-order chi connectivity index (χ0) is 17.3. The fourth-order valence-electron chi connectivity index (χ4n) is 3.29. The van der Waals surface area contributed by atoms with Crippen molar-refractivity contribution in [2.75, 3.05) is 18.4 Å². The van der Waals surface area contributed by atoms with Gasteiger partial charge in [-0.15, -0.1) is 5.10 Å². The number of aromatic nitrogens is 3. The van der Waals surface area contributed by atoms with Crippen LogP contribution in [0.15, 0.2) is 10.6 Å². The lowest BCUT2D eigenvalue weighted by atomic mass is 9.96. The summed E-state index contributed by atoms with van der Waals surface area (Å²) >= 11 is 0. The van der Waals surface area contributed by atoms with Crippen molar-refractivity contribution in [3.63, 3.8) is 0 Å². The van der Waals surface area contributed by atoms with Gasteiger partial charge in [-0.3, -0.25) is 4.79 Å². The Morgan fingerprint density at radius 1 is 1.42 bits per heavy atom. The fourth-order valence-corrected chi connectivity index (χ4v) is 3.29. The number of nitrogens with zero attached hydrogens (tertiary/aromatic N) is 4. The van der Waals surface area contributed by atoms with Crippen LogP contribution in [0.4, 0.5) is 5.82 Å². The second kappa shape index (κ2) is 6.59. The Hall–Kier alpha value is -2.44. The van der Waals surface area contributed by atoms with Crippen LogP contribution in [0.25, 0.3) is 0 Å². The third-order valence-corrected chi connectivity index (χ3v) is 4.50. The third-order valence-electron chi connectivity index (χ3n) is 4.50. The van der Waals surface area contributed by atoms with Crippen molar-refractivity contribution >= 4 is 11.7 Å². The summed E-state index contributed by atoms with van der Waals surface area (Å²) in [7, 11) is 0. The van der Waals surface area contributed by atoms with E-state index in [1.165, 1.54) is 0 Å². The monoisotopic (exact) mass is 329 g/mol.